The molecule has 0 bridgehead atoms. The average Bonchev–Trinajstić information content (AvgIpc) is 3.28. The van der Waals surface area contributed by atoms with Crippen molar-refractivity contribution in [2.45, 2.75) is 45.6 Å². The molecule has 10 heteroatoms. The summed E-state index contributed by atoms with van der Waals surface area (Å²) in [6.07, 6.45) is 6.40. The van der Waals surface area contributed by atoms with Crippen LogP contribution >= 0.6 is 0 Å². The minimum absolute atomic E-state index is 0.0373. The van der Waals surface area contributed by atoms with E-state index in [1.54, 1.807) is 6.92 Å². The maximum atomic E-state index is 14.4. The van der Waals surface area contributed by atoms with Crippen LogP contribution in [0.3, 0.4) is 0 Å². The Morgan fingerprint density at radius 3 is 2.40 bits per heavy atom. The highest BCUT2D eigenvalue weighted by Gasteiger charge is 2.41. The van der Waals surface area contributed by atoms with Crippen LogP contribution in [0.5, 0.6) is 5.75 Å². The summed E-state index contributed by atoms with van der Waals surface area (Å²) in [4.78, 5) is 47.0. The van der Waals surface area contributed by atoms with Gasteiger partial charge in [0.2, 0.25) is 0 Å². The molecule has 9 nitrogen and oxygen atoms in total. The average molecular weight is 482 g/mol. The molecule has 1 amide bonds. The molecular weight excluding hydrogens is 453 g/mol. The zero-order valence-electron chi connectivity index (χ0n) is 20.1. The number of rotatable bonds is 7. The molecule has 2 heterocycles. The summed E-state index contributed by atoms with van der Waals surface area (Å²) >= 11 is 0. The fourth-order valence-corrected chi connectivity index (χ4v) is 4.71. The van der Waals surface area contributed by atoms with Crippen molar-refractivity contribution in [1.82, 2.24) is 14.9 Å². The van der Waals surface area contributed by atoms with Gasteiger partial charge in [-0.2, -0.15) is 0 Å². The van der Waals surface area contributed by atoms with Gasteiger partial charge < -0.3 is 20.6 Å². The minimum atomic E-state index is -0.761. The number of nitrogens with one attached hydrogen (secondary N) is 2. The van der Waals surface area contributed by atoms with E-state index in [0.29, 0.717) is 11.3 Å². The first-order chi connectivity index (χ1) is 16.5. The molecular formula is C25H28FN5O4. The van der Waals surface area contributed by atoms with Crippen molar-refractivity contribution in [3.8, 4) is 5.75 Å². The van der Waals surface area contributed by atoms with Crippen molar-refractivity contribution >= 4 is 23.0 Å². The summed E-state index contributed by atoms with van der Waals surface area (Å²) < 4.78 is 14.4. The number of carbonyl (C=O) groups excluding carboxylic acids is 1. The van der Waals surface area contributed by atoms with Crippen LogP contribution < -0.4 is 21.5 Å². The summed E-state index contributed by atoms with van der Waals surface area (Å²) in [6.45, 7) is 3.71. The number of aromatic hydroxyl groups is 1. The van der Waals surface area contributed by atoms with Crippen LogP contribution in [0.2, 0.25) is 0 Å². The third kappa shape index (κ3) is 4.24. The first-order valence-electron chi connectivity index (χ1n) is 11.4. The molecule has 3 N–H and O–H groups in total. The fraction of sp³-hybridized carbons (Fsp3) is 0.400. The van der Waals surface area contributed by atoms with E-state index in [9.17, 15) is 23.9 Å². The van der Waals surface area contributed by atoms with Gasteiger partial charge in [-0.3, -0.25) is 19.4 Å². The van der Waals surface area contributed by atoms with E-state index in [1.165, 1.54) is 43.5 Å². The highest BCUT2D eigenvalue weighted by molar-refractivity contribution is 5.97. The molecule has 0 aliphatic heterocycles. The molecule has 4 rings (SSSR count). The zero-order valence-corrected chi connectivity index (χ0v) is 20.1. The van der Waals surface area contributed by atoms with Crippen LogP contribution in [0.15, 0.2) is 34.1 Å². The van der Waals surface area contributed by atoms with Crippen LogP contribution in [0.4, 0.5) is 21.5 Å². The highest BCUT2D eigenvalue weighted by Crippen LogP contribution is 2.49. The van der Waals surface area contributed by atoms with Gasteiger partial charge in [-0.25, -0.2) is 9.37 Å². The van der Waals surface area contributed by atoms with E-state index in [1.807, 2.05) is 0 Å². The Morgan fingerprint density at radius 1 is 1.11 bits per heavy atom. The lowest BCUT2D eigenvalue weighted by molar-refractivity contribution is 0.0819. The van der Waals surface area contributed by atoms with Crippen LogP contribution in [0.25, 0.3) is 0 Å². The van der Waals surface area contributed by atoms with Gasteiger partial charge in [0.15, 0.2) is 11.4 Å². The topological polar surface area (TPSA) is 125 Å². The van der Waals surface area contributed by atoms with E-state index in [-0.39, 0.29) is 28.2 Å². The molecule has 0 unspecified atom stereocenters. The van der Waals surface area contributed by atoms with Crippen molar-refractivity contribution in [1.29, 1.82) is 0 Å². The molecule has 35 heavy (non-hydrogen) atoms. The normalized spacial score (nSPS) is 15.7. The van der Waals surface area contributed by atoms with Crippen molar-refractivity contribution in [3.63, 3.8) is 0 Å². The van der Waals surface area contributed by atoms with E-state index >= 15 is 0 Å². The fourth-order valence-electron chi connectivity index (χ4n) is 4.71. The second-order valence-electron chi connectivity index (χ2n) is 9.53. The molecule has 1 saturated carbocycles. The number of carbonyl (C=O) groups is 1. The Kier molecular flexibility index (Phi) is 6.31. The Balaban J connectivity index is 1.72. The number of nitrogens with zero attached hydrogens (tertiary/aromatic N) is 3. The van der Waals surface area contributed by atoms with Crippen LogP contribution in [0, 0.1) is 18.2 Å². The van der Waals surface area contributed by atoms with Gasteiger partial charge >= 0.3 is 0 Å². The Labute approximate surface area is 201 Å². The molecule has 3 aromatic rings. The number of hydrogen-bond acceptors (Lipinski definition) is 8. The first-order valence-corrected chi connectivity index (χ1v) is 11.4. The van der Waals surface area contributed by atoms with Crippen molar-refractivity contribution in [2.75, 3.05) is 24.7 Å². The molecule has 0 spiro atoms. The summed E-state index contributed by atoms with van der Waals surface area (Å²) in [6, 6.07) is 2.17. The predicted octanol–water partition coefficient (Wildman–Crippen LogP) is 3.40. The molecule has 1 aromatic carbocycles. The molecule has 1 fully saturated rings. The third-order valence-corrected chi connectivity index (χ3v) is 6.88. The lowest BCUT2D eigenvalue weighted by atomic mass is 9.77. The minimum Gasteiger partial charge on any atom is -0.504 e. The number of pyridine rings is 2. The Morgan fingerprint density at radius 2 is 1.74 bits per heavy atom. The Hall–Kier alpha value is -3.82. The molecule has 1 aliphatic rings. The molecule has 0 saturated heterocycles. The number of aromatic nitrogens is 2. The van der Waals surface area contributed by atoms with Crippen molar-refractivity contribution in [2.24, 2.45) is 5.41 Å². The number of hydrogen-bond donors (Lipinski definition) is 3. The van der Waals surface area contributed by atoms with Crippen molar-refractivity contribution in [3.05, 3.63) is 67.7 Å². The van der Waals surface area contributed by atoms with Gasteiger partial charge in [0.1, 0.15) is 17.2 Å². The van der Waals surface area contributed by atoms with E-state index in [2.05, 4.69) is 27.5 Å². The van der Waals surface area contributed by atoms with E-state index < -0.39 is 34.4 Å². The summed E-state index contributed by atoms with van der Waals surface area (Å²) in [5.74, 6) is -1.35. The van der Waals surface area contributed by atoms with Crippen LogP contribution in [-0.4, -0.2) is 40.0 Å². The van der Waals surface area contributed by atoms with Crippen molar-refractivity contribution < 1.29 is 14.3 Å². The zero-order chi connectivity index (χ0) is 25.5. The second-order valence-corrected chi connectivity index (χ2v) is 9.53. The third-order valence-electron chi connectivity index (χ3n) is 6.88. The standard InChI is InChI=1S/C25H28FN5O4/c1-13-14(26)7-11-27-16(13)23(25(2)9-5-6-10-25)30-18-17(21(33)22(18)34)29-15-8-12-28-19(20(15)32)24(35)31(3)4/h7-8,11-12,23,30,32H,5-6,9-10H2,1-4H3,(H,28,29)/t23-/m0/s1. The lowest BCUT2D eigenvalue weighted by Crippen LogP contribution is -2.40. The van der Waals surface area contributed by atoms with E-state index in [0.717, 1.165) is 25.7 Å². The summed E-state index contributed by atoms with van der Waals surface area (Å²) in [5.41, 5.74) is -1.06. The highest BCUT2D eigenvalue weighted by atomic mass is 19.1. The number of halogens is 1. The SMILES string of the molecule is Cc1c(F)ccnc1[C@H](Nc1c(Nc2ccnc(C(=O)N(C)C)c2O)c(=O)c1=O)C1(C)CCCC1. The number of amides is 1. The molecule has 1 atom stereocenters. The molecule has 0 radical (unpaired) electrons. The van der Waals surface area contributed by atoms with Gasteiger partial charge in [0.05, 0.1) is 17.4 Å². The molecule has 184 valence electrons. The lowest BCUT2D eigenvalue weighted by Gasteiger charge is -2.36. The first kappa shape index (κ1) is 24.3. The molecule has 2 aromatic heterocycles. The monoisotopic (exact) mass is 481 g/mol. The maximum Gasteiger partial charge on any atom is 0.275 e. The van der Waals surface area contributed by atoms with Gasteiger partial charge in [-0.1, -0.05) is 19.8 Å². The van der Waals surface area contributed by atoms with Crippen LogP contribution in [-0.2, 0) is 0 Å². The Bertz CT molecular complexity index is 1360. The van der Waals surface area contributed by atoms with Crippen LogP contribution in [0.1, 0.15) is 60.4 Å². The smallest absolute Gasteiger partial charge is 0.275 e. The summed E-state index contributed by atoms with van der Waals surface area (Å²) in [7, 11) is 3.04. The van der Waals surface area contributed by atoms with Gasteiger partial charge in [0.25, 0.3) is 16.8 Å². The summed E-state index contributed by atoms with van der Waals surface area (Å²) in [5, 5.41) is 16.6. The second kappa shape index (κ2) is 9.09. The largest absolute Gasteiger partial charge is 0.504 e. The predicted molar refractivity (Wildman–Crippen MR) is 130 cm³/mol. The molecule has 1 aliphatic carbocycles. The van der Waals surface area contributed by atoms with Gasteiger partial charge in [-0.05, 0) is 37.3 Å². The van der Waals surface area contributed by atoms with Gasteiger partial charge in [-0.15, -0.1) is 0 Å². The quantitative estimate of drug-likeness (QED) is 0.439. The van der Waals surface area contributed by atoms with Gasteiger partial charge in [0, 0.05) is 32.1 Å². The van der Waals surface area contributed by atoms with E-state index in [4.69, 9.17) is 0 Å². The number of anilines is 3. The maximum absolute atomic E-state index is 14.4.